The van der Waals surface area contributed by atoms with E-state index in [4.69, 9.17) is 18.9 Å². The molecule has 0 radical (unpaired) electrons. The predicted octanol–water partition coefficient (Wildman–Crippen LogP) is 1.82. The summed E-state index contributed by atoms with van der Waals surface area (Å²) in [6.07, 6.45) is 2.35. The third kappa shape index (κ3) is 3.75. The Balaban J connectivity index is 1.59. The first-order valence-electron chi connectivity index (χ1n) is 6.16. The summed E-state index contributed by atoms with van der Waals surface area (Å²) in [5, 5.41) is 0. The van der Waals surface area contributed by atoms with Crippen LogP contribution < -0.4 is 0 Å². The van der Waals surface area contributed by atoms with Gasteiger partial charge in [-0.15, -0.1) is 0 Å². The van der Waals surface area contributed by atoms with Gasteiger partial charge in [0.15, 0.2) is 0 Å². The molecule has 2 aliphatic heterocycles. The van der Waals surface area contributed by atoms with Crippen molar-refractivity contribution >= 4 is 6.08 Å². The standard InChI is InChI=1S/C14H16O4/c1-2-4-11(5-3-1)6-14(17-9-12-7-15-12)18-10-13-8-16-13/h1-6,12-13H,7-10H2. The minimum absolute atomic E-state index is 0.227. The minimum Gasteiger partial charge on any atom is -0.463 e. The first-order chi connectivity index (χ1) is 8.90. The van der Waals surface area contributed by atoms with Gasteiger partial charge in [-0.05, 0) is 5.56 Å². The van der Waals surface area contributed by atoms with Crippen molar-refractivity contribution < 1.29 is 18.9 Å². The maximum absolute atomic E-state index is 5.61. The number of hydrogen-bond donors (Lipinski definition) is 0. The van der Waals surface area contributed by atoms with Gasteiger partial charge in [0, 0.05) is 6.08 Å². The molecule has 0 amide bonds. The van der Waals surface area contributed by atoms with Crippen LogP contribution in [0.5, 0.6) is 0 Å². The highest BCUT2D eigenvalue weighted by Crippen LogP contribution is 2.17. The number of rotatable bonds is 7. The van der Waals surface area contributed by atoms with Crippen molar-refractivity contribution in [3.05, 3.63) is 41.8 Å². The van der Waals surface area contributed by atoms with Gasteiger partial charge in [0.1, 0.15) is 25.4 Å². The molecule has 2 unspecified atom stereocenters. The van der Waals surface area contributed by atoms with Crippen molar-refractivity contribution in [3.8, 4) is 0 Å². The molecular formula is C14H16O4. The Kier molecular flexibility index (Phi) is 3.48. The molecule has 0 N–H and O–H groups in total. The van der Waals surface area contributed by atoms with E-state index in [1.165, 1.54) is 0 Å². The van der Waals surface area contributed by atoms with Crippen LogP contribution in [0.4, 0.5) is 0 Å². The molecule has 18 heavy (non-hydrogen) atoms. The monoisotopic (exact) mass is 248 g/mol. The number of ether oxygens (including phenoxy) is 4. The Morgan fingerprint density at radius 3 is 2.11 bits per heavy atom. The number of benzene rings is 1. The molecule has 1 aromatic carbocycles. The van der Waals surface area contributed by atoms with Gasteiger partial charge in [-0.25, -0.2) is 0 Å². The van der Waals surface area contributed by atoms with Gasteiger partial charge in [-0.1, -0.05) is 30.3 Å². The fourth-order valence-electron chi connectivity index (χ4n) is 1.49. The lowest BCUT2D eigenvalue weighted by atomic mass is 10.2. The largest absolute Gasteiger partial charge is 0.463 e. The maximum atomic E-state index is 5.61. The molecule has 2 atom stereocenters. The second-order valence-corrected chi connectivity index (χ2v) is 4.41. The molecule has 2 heterocycles. The van der Waals surface area contributed by atoms with Crippen LogP contribution in [0.3, 0.4) is 0 Å². The van der Waals surface area contributed by atoms with E-state index in [9.17, 15) is 0 Å². The zero-order valence-corrected chi connectivity index (χ0v) is 10.1. The van der Waals surface area contributed by atoms with E-state index in [2.05, 4.69) is 0 Å². The van der Waals surface area contributed by atoms with E-state index in [-0.39, 0.29) is 12.2 Å². The number of hydrogen-bond acceptors (Lipinski definition) is 4. The summed E-state index contributed by atoms with van der Waals surface area (Å²) < 4.78 is 21.4. The third-order valence-corrected chi connectivity index (χ3v) is 2.71. The molecular weight excluding hydrogens is 232 g/mol. The Hall–Kier alpha value is -1.52. The van der Waals surface area contributed by atoms with E-state index < -0.39 is 0 Å². The average Bonchev–Trinajstić information content (AvgIpc) is 3.28. The highest BCUT2D eigenvalue weighted by atomic mass is 16.7. The molecule has 0 bridgehead atoms. The molecule has 0 aliphatic carbocycles. The van der Waals surface area contributed by atoms with Crippen molar-refractivity contribution in [3.63, 3.8) is 0 Å². The highest BCUT2D eigenvalue weighted by molar-refractivity contribution is 5.49. The smallest absolute Gasteiger partial charge is 0.279 e. The molecule has 0 aromatic heterocycles. The van der Waals surface area contributed by atoms with Crippen molar-refractivity contribution in [1.82, 2.24) is 0 Å². The Bertz CT molecular complexity index is 389. The quantitative estimate of drug-likeness (QED) is 0.545. The first-order valence-corrected chi connectivity index (χ1v) is 6.16. The van der Waals surface area contributed by atoms with Gasteiger partial charge in [0.2, 0.25) is 0 Å². The van der Waals surface area contributed by atoms with Crippen LogP contribution in [0, 0.1) is 0 Å². The number of epoxide rings is 2. The van der Waals surface area contributed by atoms with Crippen molar-refractivity contribution in [2.24, 2.45) is 0 Å². The Labute approximate surface area is 106 Å². The summed E-state index contributed by atoms with van der Waals surface area (Å²) in [6.45, 7) is 2.66. The van der Waals surface area contributed by atoms with Gasteiger partial charge in [-0.3, -0.25) is 0 Å². The maximum Gasteiger partial charge on any atom is 0.279 e. The Morgan fingerprint density at radius 2 is 1.61 bits per heavy atom. The van der Waals surface area contributed by atoms with E-state index in [1.54, 1.807) is 0 Å². The van der Waals surface area contributed by atoms with Gasteiger partial charge in [-0.2, -0.15) is 0 Å². The van der Waals surface area contributed by atoms with E-state index in [0.29, 0.717) is 19.2 Å². The van der Waals surface area contributed by atoms with E-state index in [1.807, 2.05) is 36.4 Å². The fourth-order valence-corrected chi connectivity index (χ4v) is 1.49. The van der Waals surface area contributed by atoms with Crippen LogP contribution in [0.1, 0.15) is 5.56 Å². The lowest BCUT2D eigenvalue weighted by Gasteiger charge is -2.10. The fraction of sp³-hybridized carbons (Fsp3) is 0.429. The lowest BCUT2D eigenvalue weighted by Crippen LogP contribution is -2.07. The molecule has 0 saturated carbocycles. The average molecular weight is 248 g/mol. The van der Waals surface area contributed by atoms with Crippen molar-refractivity contribution in [1.29, 1.82) is 0 Å². The normalized spacial score (nSPS) is 24.2. The molecule has 2 aliphatic rings. The first kappa shape index (κ1) is 11.6. The van der Waals surface area contributed by atoms with E-state index in [0.717, 1.165) is 18.8 Å². The Morgan fingerprint density at radius 1 is 1.06 bits per heavy atom. The molecule has 0 spiro atoms. The van der Waals surface area contributed by atoms with Crippen molar-refractivity contribution in [2.45, 2.75) is 12.2 Å². The van der Waals surface area contributed by atoms with Gasteiger partial charge in [0.25, 0.3) is 5.95 Å². The van der Waals surface area contributed by atoms with Crippen LogP contribution in [-0.2, 0) is 18.9 Å². The van der Waals surface area contributed by atoms with Crippen LogP contribution in [0.2, 0.25) is 0 Å². The summed E-state index contributed by atoms with van der Waals surface area (Å²) in [7, 11) is 0. The second kappa shape index (κ2) is 5.42. The summed E-state index contributed by atoms with van der Waals surface area (Å²) in [5.74, 6) is 0.534. The van der Waals surface area contributed by atoms with Crippen LogP contribution in [0.25, 0.3) is 6.08 Å². The molecule has 4 heteroatoms. The van der Waals surface area contributed by atoms with Gasteiger partial charge in [0.05, 0.1) is 13.2 Å². The van der Waals surface area contributed by atoms with Crippen LogP contribution in [0.15, 0.2) is 36.3 Å². The molecule has 2 saturated heterocycles. The predicted molar refractivity (Wildman–Crippen MR) is 65.8 cm³/mol. The molecule has 1 aromatic rings. The van der Waals surface area contributed by atoms with Crippen LogP contribution >= 0.6 is 0 Å². The third-order valence-electron chi connectivity index (χ3n) is 2.71. The topological polar surface area (TPSA) is 43.5 Å². The lowest BCUT2D eigenvalue weighted by molar-refractivity contribution is 0.0272. The SMILES string of the molecule is C(=C(OCC1CO1)OCC1CO1)c1ccccc1. The van der Waals surface area contributed by atoms with E-state index >= 15 is 0 Å². The molecule has 96 valence electrons. The molecule has 4 nitrogen and oxygen atoms in total. The molecule has 2 fully saturated rings. The van der Waals surface area contributed by atoms with Gasteiger partial charge < -0.3 is 18.9 Å². The van der Waals surface area contributed by atoms with Crippen LogP contribution in [-0.4, -0.2) is 38.6 Å². The molecule has 3 rings (SSSR count). The summed E-state index contributed by atoms with van der Waals surface area (Å²) >= 11 is 0. The van der Waals surface area contributed by atoms with Gasteiger partial charge >= 0.3 is 0 Å². The second-order valence-electron chi connectivity index (χ2n) is 4.41. The van der Waals surface area contributed by atoms with Crippen molar-refractivity contribution in [2.75, 3.05) is 26.4 Å². The zero-order chi connectivity index (χ0) is 12.2. The summed E-state index contributed by atoms with van der Waals surface area (Å²) in [6, 6.07) is 9.96. The summed E-state index contributed by atoms with van der Waals surface area (Å²) in [5.41, 5.74) is 1.06. The minimum atomic E-state index is 0.227. The highest BCUT2D eigenvalue weighted by Gasteiger charge is 2.26. The summed E-state index contributed by atoms with van der Waals surface area (Å²) in [4.78, 5) is 0. The zero-order valence-electron chi connectivity index (χ0n) is 10.1.